The van der Waals surface area contributed by atoms with Crippen molar-refractivity contribution in [3.8, 4) is 0 Å². The Morgan fingerprint density at radius 1 is 1.15 bits per heavy atom. The number of rotatable bonds is 5. The summed E-state index contributed by atoms with van der Waals surface area (Å²) in [5.74, 6) is 0.456. The van der Waals surface area contributed by atoms with Gasteiger partial charge in [0.1, 0.15) is 5.01 Å². The van der Waals surface area contributed by atoms with Crippen molar-refractivity contribution in [2.24, 2.45) is 5.73 Å². The Balaban J connectivity index is 2.01. The van der Waals surface area contributed by atoms with Crippen LogP contribution in [0.25, 0.3) is 0 Å². The summed E-state index contributed by atoms with van der Waals surface area (Å²) in [6.45, 7) is 15.5. The molecule has 1 aliphatic rings. The average Bonchev–Trinajstić information content (AvgIpc) is 2.84. The van der Waals surface area contributed by atoms with E-state index in [0.29, 0.717) is 5.92 Å². The maximum Gasteiger partial charge on any atom is 0.107 e. The Morgan fingerprint density at radius 2 is 1.75 bits per heavy atom. The zero-order valence-corrected chi connectivity index (χ0v) is 14.0. The SMILES string of the molecule is CCN1CCN(Cc2nc(C(C)C)c(C(C)N)s2)CC1. The van der Waals surface area contributed by atoms with Gasteiger partial charge in [-0.15, -0.1) is 11.3 Å². The lowest BCUT2D eigenvalue weighted by Gasteiger charge is -2.33. The smallest absolute Gasteiger partial charge is 0.107 e. The molecule has 2 heterocycles. The molecule has 2 rings (SSSR count). The van der Waals surface area contributed by atoms with E-state index in [1.165, 1.54) is 28.7 Å². The molecule has 0 saturated carbocycles. The number of hydrogen-bond acceptors (Lipinski definition) is 5. The van der Waals surface area contributed by atoms with E-state index < -0.39 is 0 Å². The zero-order chi connectivity index (χ0) is 14.7. The number of piperazine rings is 1. The fourth-order valence-electron chi connectivity index (χ4n) is 2.65. The van der Waals surface area contributed by atoms with Crippen LogP contribution < -0.4 is 5.73 Å². The molecule has 1 fully saturated rings. The summed E-state index contributed by atoms with van der Waals surface area (Å²) in [7, 11) is 0. The van der Waals surface area contributed by atoms with E-state index >= 15 is 0 Å². The first-order valence-electron chi connectivity index (χ1n) is 7.71. The minimum absolute atomic E-state index is 0.0931. The van der Waals surface area contributed by atoms with Gasteiger partial charge in [-0.05, 0) is 19.4 Å². The van der Waals surface area contributed by atoms with Crippen molar-refractivity contribution in [3.05, 3.63) is 15.6 Å². The quantitative estimate of drug-likeness (QED) is 0.906. The molecule has 114 valence electrons. The summed E-state index contributed by atoms with van der Waals surface area (Å²) in [4.78, 5) is 11.1. The van der Waals surface area contributed by atoms with Gasteiger partial charge in [-0.25, -0.2) is 4.98 Å². The first-order valence-corrected chi connectivity index (χ1v) is 8.52. The van der Waals surface area contributed by atoms with Gasteiger partial charge < -0.3 is 10.6 Å². The lowest BCUT2D eigenvalue weighted by molar-refractivity contribution is 0.132. The summed E-state index contributed by atoms with van der Waals surface area (Å²) >= 11 is 1.80. The van der Waals surface area contributed by atoms with Crippen molar-refractivity contribution in [1.29, 1.82) is 0 Å². The van der Waals surface area contributed by atoms with Crippen LogP contribution in [0, 0.1) is 0 Å². The van der Waals surface area contributed by atoms with Crippen LogP contribution in [0.15, 0.2) is 0 Å². The first-order chi connectivity index (χ1) is 9.51. The Kier molecular flexibility index (Phi) is 5.55. The largest absolute Gasteiger partial charge is 0.323 e. The molecule has 1 aromatic rings. The number of likely N-dealkylation sites (N-methyl/N-ethyl adjacent to an activating group) is 1. The standard InChI is InChI=1S/C15H28N4S/c1-5-18-6-8-19(9-7-18)10-13-17-14(11(2)3)15(20-13)12(4)16/h11-12H,5-10,16H2,1-4H3. The van der Waals surface area contributed by atoms with Gasteiger partial charge in [0.25, 0.3) is 0 Å². The van der Waals surface area contributed by atoms with Crippen molar-refractivity contribution in [3.63, 3.8) is 0 Å². The second kappa shape index (κ2) is 6.98. The lowest BCUT2D eigenvalue weighted by atomic mass is 10.1. The van der Waals surface area contributed by atoms with Crippen molar-refractivity contribution in [1.82, 2.24) is 14.8 Å². The van der Waals surface area contributed by atoms with E-state index in [-0.39, 0.29) is 6.04 Å². The number of hydrogen-bond donors (Lipinski definition) is 1. The van der Waals surface area contributed by atoms with E-state index in [0.717, 1.165) is 26.2 Å². The lowest BCUT2D eigenvalue weighted by Crippen LogP contribution is -2.45. The van der Waals surface area contributed by atoms with Crippen LogP contribution in [-0.2, 0) is 6.54 Å². The summed E-state index contributed by atoms with van der Waals surface area (Å²) in [5.41, 5.74) is 7.29. The van der Waals surface area contributed by atoms with E-state index in [1.54, 1.807) is 11.3 Å². The highest BCUT2D eigenvalue weighted by atomic mass is 32.1. The zero-order valence-electron chi connectivity index (χ0n) is 13.2. The highest BCUT2D eigenvalue weighted by Gasteiger charge is 2.20. The van der Waals surface area contributed by atoms with Crippen LogP contribution in [0.5, 0.6) is 0 Å². The molecule has 1 aromatic heterocycles. The predicted molar refractivity (Wildman–Crippen MR) is 86.2 cm³/mol. The summed E-state index contributed by atoms with van der Waals surface area (Å²) in [6, 6.07) is 0.0931. The van der Waals surface area contributed by atoms with E-state index in [9.17, 15) is 0 Å². The minimum Gasteiger partial charge on any atom is -0.323 e. The summed E-state index contributed by atoms with van der Waals surface area (Å²) in [5, 5.41) is 1.23. The number of nitrogens with two attached hydrogens (primary N) is 1. The molecule has 0 amide bonds. The molecule has 0 aromatic carbocycles. The topological polar surface area (TPSA) is 45.4 Å². The van der Waals surface area contributed by atoms with E-state index in [2.05, 4.69) is 37.5 Å². The Labute approximate surface area is 127 Å². The molecule has 5 heteroatoms. The number of thiazole rings is 1. The molecule has 0 spiro atoms. The molecule has 20 heavy (non-hydrogen) atoms. The molecule has 0 aliphatic carbocycles. The molecule has 0 bridgehead atoms. The fraction of sp³-hybridized carbons (Fsp3) is 0.800. The third-order valence-electron chi connectivity index (χ3n) is 3.96. The Morgan fingerprint density at radius 3 is 2.20 bits per heavy atom. The van der Waals surface area contributed by atoms with E-state index in [4.69, 9.17) is 10.7 Å². The van der Waals surface area contributed by atoms with Crippen molar-refractivity contribution in [2.45, 2.75) is 46.2 Å². The molecule has 1 atom stereocenters. The predicted octanol–water partition coefficient (Wildman–Crippen LogP) is 2.42. The first kappa shape index (κ1) is 15.9. The molecule has 1 unspecified atom stereocenters. The van der Waals surface area contributed by atoms with Crippen molar-refractivity contribution in [2.75, 3.05) is 32.7 Å². The second-order valence-corrected chi connectivity index (χ2v) is 7.13. The van der Waals surface area contributed by atoms with Gasteiger partial charge >= 0.3 is 0 Å². The minimum atomic E-state index is 0.0931. The van der Waals surface area contributed by atoms with Crippen LogP contribution in [0.2, 0.25) is 0 Å². The van der Waals surface area contributed by atoms with Crippen LogP contribution in [0.1, 0.15) is 55.2 Å². The van der Waals surface area contributed by atoms with E-state index in [1.807, 2.05) is 0 Å². The van der Waals surface area contributed by atoms with Crippen LogP contribution in [-0.4, -0.2) is 47.5 Å². The molecule has 1 aliphatic heterocycles. The van der Waals surface area contributed by atoms with Crippen molar-refractivity contribution < 1.29 is 0 Å². The Hall–Kier alpha value is -0.490. The Bertz CT molecular complexity index is 394. The van der Waals surface area contributed by atoms with Gasteiger partial charge in [0.2, 0.25) is 0 Å². The third kappa shape index (κ3) is 3.79. The van der Waals surface area contributed by atoms with Crippen molar-refractivity contribution >= 4 is 11.3 Å². The normalized spacial score (nSPS) is 19.7. The van der Waals surface area contributed by atoms with Gasteiger partial charge in [-0.3, -0.25) is 4.90 Å². The molecule has 2 N–H and O–H groups in total. The number of aromatic nitrogens is 1. The molecule has 0 radical (unpaired) electrons. The highest BCUT2D eigenvalue weighted by molar-refractivity contribution is 7.11. The van der Waals surface area contributed by atoms with Crippen LogP contribution >= 0.6 is 11.3 Å². The summed E-state index contributed by atoms with van der Waals surface area (Å²) < 4.78 is 0. The third-order valence-corrected chi connectivity index (χ3v) is 5.21. The molecular weight excluding hydrogens is 268 g/mol. The van der Waals surface area contributed by atoms with Gasteiger partial charge in [-0.2, -0.15) is 0 Å². The maximum absolute atomic E-state index is 6.09. The van der Waals surface area contributed by atoms with Gasteiger partial charge in [0, 0.05) is 37.1 Å². The maximum atomic E-state index is 6.09. The molecule has 4 nitrogen and oxygen atoms in total. The van der Waals surface area contributed by atoms with Crippen LogP contribution in [0.3, 0.4) is 0 Å². The average molecular weight is 296 g/mol. The van der Waals surface area contributed by atoms with Gasteiger partial charge in [-0.1, -0.05) is 20.8 Å². The van der Waals surface area contributed by atoms with Crippen LogP contribution in [0.4, 0.5) is 0 Å². The molecule has 1 saturated heterocycles. The van der Waals surface area contributed by atoms with Gasteiger partial charge in [0.15, 0.2) is 0 Å². The fourth-order valence-corrected chi connectivity index (χ4v) is 3.87. The second-order valence-electron chi connectivity index (χ2n) is 6.01. The monoisotopic (exact) mass is 296 g/mol. The van der Waals surface area contributed by atoms with Gasteiger partial charge in [0.05, 0.1) is 12.2 Å². The highest BCUT2D eigenvalue weighted by Crippen LogP contribution is 2.30. The number of nitrogens with zero attached hydrogens (tertiary/aromatic N) is 3. The molecular formula is C15H28N4S. The summed E-state index contributed by atoms with van der Waals surface area (Å²) in [6.07, 6.45) is 0.